The highest BCUT2D eigenvalue weighted by Crippen LogP contribution is 2.65. The molecule has 0 aromatic carbocycles. The van der Waals surface area contributed by atoms with Gasteiger partial charge in [0.1, 0.15) is 17.7 Å². The van der Waals surface area contributed by atoms with Crippen LogP contribution in [0.2, 0.25) is 0 Å². The van der Waals surface area contributed by atoms with Crippen molar-refractivity contribution in [3.63, 3.8) is 0 Å². The van der Waals surface area contributed by atoms with Gasteiger partial charge in [0, 0.05) is 19.6 Å². The van der Waals surface area contributed by atoms with Gasteiger partial charge in [-0.05, 0) is 63.2 Å². The first-order valence-electron chi connectivity index (χ1n) is 14.3. The quantitative estimate of drug-likeness (QED) is 0.370. The fraction of sp³-hybridized carbons (Fsp3) is 0.821. The zero-order valence-electron chi connectivity index (χ0n) is 23.8. The Balaban J connectivity index is 1.55. The number of primary amides is 1. The van der Waals surface area contributed by atoms with Crippen LogP contribution in [0.5, 0.6) is 0 Å². The lowest BCUT2D eigenvalue weighted by Gasteiger charge is -2.37. The van der Waals surface area contributed by atoms with Gasteiger partial charge >= 0.3 is 6.09 Å². The number of ether oxygens (including phenoxy) is 2. The van der Waals surface area contributed by atoms with E-state index in [4.69, 9.17) is 15.2 Å². The monoisotopic (exact) mass is 548 g/mol. The van der Waals surface area contributed by atoms with Crippen molar-refractivity contribution < 1.29 is 33.4 Å². The maximum absolute atomic E-state index is 14.1. The molecule has 39 heavy (non-hydrogen) atoms. The van der Waals surface area contributed by atoms with Gasteiger partial charge in [0.25, 0.3) is 5.91 Å². The zero-order valence-corrected chi connectivity index (χ0v) is 23.8. The van der Waals surface area contributed by atoms with Gasteiger partial charge in [0.2, 0.25) is 17.6 Å². The van der Waals surface area contributed by atoms with E-state index in [0.29, 0.717) is 13.2 Å². The minimum absolute atomic E-state index is 0.0626. The number of hydrogen-bond donors (Lipinski definition) is 3. The number of amides is 4. The van der Waals surface area contributed by atoms with Gasteiger partial charge in [0.05, 0.1) is 12.1 Å². The molecule has 0 bridgehead atoms. The van der Waals surface area contributed by atoms with E-state index in [-0.39, 0.29) is 41.6 Å². The second kappa shape index (κ2) is 11.1. The number of Topliss-reactive ketones (excluding diaryl/α,β-unsaturated/α-hetero) is 1. The molecule has 4 aliphatic rings. The first-order chi connectivity index (χ1) is 18.2. The van der Waals surface area contributed by atoms with E-state index in [9.17, 15) is 24.0 Å². The summed E-state index contributed by atoms with van der Waals surface area (Å²) in [6.45, 7) is 10.4. The van der Waals surface area contributed by atoms with E-state index in [1.807, 2.05) is 0 Å². The molecule has 6 atom stereocenters. The summed E-state index contributed by atoms with van der Waals surface area (Å²) in [5.41, 5.74) is 4.39. The molecule has 11 nitrogen and oxygen atoms in total. The van der Waals surface area contributed by atoms with E-state index in [0.717, 1.165) is 38.5 Å². The van der Waals surface area contributed by atoms with Crippen molar-refractivity contribution in [3.05, 3.63) is 0 Å². The lowest BCUT2D eigenvalue weighted by molar-refractivity contribution is -0.145. The number of carbonyl (C=O) groups excluding carboxylic acids is 5. The summed E-state index contributed by atoms with van der Waals surface area (Å²) >= 11 is 0. The fourth-order valence-corrected chi connectivity index (χ4v) is 6.67. The molecule has 2 saturated heterocycles. The smallest absolute Gasteiger partial charge is 0.408 e. The molecule has 11 heteroatoms. The number of nitrogens with one attached hydrogen (secondary N) is 2. The van der Waals surface area contributed by atoms with Gasteiger partial charge in [-0.3, -0.25) is 19.2 Å². The zero-order chi connectivity index (χ0) is 28.7. The van der Waals surface area contributed by atoms with Crippen LogP contribution in [0.1, 0.15) is 79.6 Å². The van der Waals surface area contributed by atoms with Crippen LogP contribution < -0.4 is 16.4 Å². The highest BCUT2D eigenvalue weighted by Gasteiger charge is 2.69. The van der Waals surface area contributed by atoms with Gasteiger partial charge in [-0.15, -0.1) is 0 Å². The summed E-state index contributed by atoms with van der Waals surface area (Å²) in [7, 11) is 0. The Bertz CT molecular complexity index is 996. The van der Waals surface area contributed by atoms with Gasteiger partial charge in [-0.2, -0.15) is 0 Å². The van der Waals surface area contributed by atoms with E-state index < -0.39 is 47.4 Å². The first kappa shape index (κ1) is 29.3. The Morgan fingerprint density at radius 1 is 1.05 bits per heavy atom. The Morgan fingerprint density at radius 3 is 2.23 bits per heavy atom. The minimum Gasteiger partial charge on any atom is -0.444 e. The number of nitrogens with zero attached hydrogens (tertiary/aromatic N) is 1. The minimum atomic E-state index is -1.12. The normalized spacial score (nSPS) is 29.3. The summed E-state index contributed by atoms with van der Waals surface area (Å²) in [5.74, 6) is -2.84. The molecular formula is C28H44N4O7. The van der Waals surface area contributed by atoms with Crippen molar-refractivity contribution >= 4 is 29.6 Å². The van der Waals surface area contributed by atoms with Crippen LogP contribution in [0, 0.1) is 23.2 Å². The van der Waals surface area contributed by atoms with Crippen LogP contribution >= 0.6 is 0 Å². The van der Waals surface area contributed by atoms with Gasteiger partial charge in [0.15, 0.2) is 0 Å². The molecule has 0 radical (unpaired) electrons. The summed E-state index contributed by atoms with van der Waals surface area (Å²) in [6, 6.07) is -2.76. The largest absolute Gasteiger partial charge is 0.444 e. The second-order valence-corrected chi connectivity index (χ2v) is 13.2. The molecule has 2 unspecified atom stereocenters. The second-order valence-electron chi connectivity index (χ2n) is 13.2. The lowest BCUT2D eigenvalue weighted by atomic mass is 9.83. The molecule has 218 valence electrons. The average molecular weight is 549 g/mol. The molecule has 4 rings (SSSR count). The number of piperidine rings is 1. The number of fused-ring (bicyclic) bond motifs is 1. The van der Waals surface area contributed by atoms with Crippen molar-refractivity contribution in [2.24, 2.45) is 28.9 Å². The number of ketones is 1. The lowest BCUT2D eigenvalue weighted by Crippen LogP contribution is -2.60. The molecule has 2 heterocycles. The number of alkyl carbamates (subject to hydrolysis) is 1. The number of nitrogens with two attached hydrogens (primary N) is 1. The molecular weight excluding hydrogens is 504 g/mol. The van der Waals surface area contributed by atoms with Crippen LogP contribution in [0.25, 0.3) is 0 Å². The Labute approximate surface area is 230 Å². The fourth-order valence-electron chi connectivity index (χ4n) is 6.67. The molecule has 0 aromatic heterocycles. The number of hydrogen-bond acceptors (Lipinski definition) is 7. The Kier molecular flexibility index (Phi) is 8.31. The SMILES string of the molecule is CC(C)(C)OC(=O)N[C@H](C(=O)N1C[C@H]2[C@@H]([C@H]1C(=O)NC(CC1CCO1)C(=O)C(N)=O)C2(C)C)C1CCCCC1. The molecule has 4 amide bonds. The van der Waals surface area contributed by atoms with Crippen LogP contribution in [-0.4, -0.2) is 77.5 Å². The average Bonchev–Trinajstić information content (AvgIpc) is 3.15. The van der Waals surface area contributed by atoms with Gasteiger partial charge in [-0.1, -0.05) is 33.1 Å². The van der Waals surface area contributed by atoms with Crippen molar-refractivity contribution in [2.45, 2.75) is 109 Å². The number of rotatable bonds is 9. The molecule has 4 N–H and O–H groups in total. The van der Waals surface area contributed by atoms with Crippen LogP contribution in [0.15, 0.2) is 0 Å². The van der Waals surface area contributed by atoms with Crippen LogP contribution in [-0.2, 0) is 28.7 Å². The highest BCUT2D eigenvalue weighted by atomic mass is 16.6. The van der Waals surface area contributed by atoms with Crippen LogP contribution in [0.3, 0.4) is 0 Å². The summed E-state index contributed by atoms with van der Waals surface area (Å²) in [5, 5.41) is 5.56. The van der Waals surface area contributed by atoms with E-state index >= 15 is 0 Å². The third kappa shape index (κ3) is 6.39. The van der Waals surface area contributed by atoms with E-state index in [1.54, 1.807) is 25.7 Å². The summed E-state index contributed by atoms with van der Waals surface area (Å²) in [6.07, 6.45) is 4.58. The maximum atomic E-state index is 14.1. The van der Waals surface area contributed by atoms with E-state index in [1.165, 1.54) is 0 Å². The molecule has 4 fully saturated rings. The van der Waals surface area contributed by atoms with E-state index in [2.05, 4.69) is 24.5 Å². The topological polar surface area (TPSA) is 157 Å². The summed E-state index contributed by atoms with van der Waals surface area (Å²) in [4.78, 5) is 66.5. The van der Waals surface area contributed by atoms with Crippen LogP contribution in [0.4, 0.5) is 4.79 Å². The molecule has 2 aliphatic heterocycles. The number of likely N-dealkylation sites (tertiary alicyclic amines) is 1. The Hall–Kier alpha value is -2.69. The standard InChI is InChI=1S/C28H44N4O7/c1-27(2,3)39-26(37)31-20(15-9-7-6-8-10-15)25(36)32-14-17-19(28(17,4)5)21(32)24(35)30-18(22(33)23(29)34)13-16-11-12-38-16/h15-21H,6-14H2,1-5H3,(H2,29,34)(H,30,35)(H,31,37)/t16?,17-,18?,19-,20-,21-/m0/s1. The first-order valence-corrected chi connectivity index (χ1v) is 14.3. The highest BCUT2D eigenvalue weighted by molar-refractivity contribution is 6.37. The molecule has 0 spiro atoms. The third-order valence-electron chi connectivity index (χ3n) is 8.99. The number of carbonyl (C=O) groups is 5. The van der Waals surface area contributed by atoms with Gasteiger partial charge < -0.3 is 30.7 Å². The van der Waals surface area contributed by atoms with Crippen molar-refractivity contribution in [1.82, 2.24) is 15.5 Å². The third-order valence-corrected chi connectivity index (χ3v) is 8.99. The van der Waals surface area contributed by atoms with Crippen molar-refractivity contribution in [2.75, 3.05) is 13.2 Å². The predicted molar refractivity (Wildman–Crippen MR) is 141 cm³/mol. The molecule has 0 aromatic rings. The van der Waals surface area contributed by atoms with Crippen molar-refractivity contribution in [3.8, 4) is 0 Å². The summed E-state index contributed by atoms with van der Waals surface area (Å²) < 4.78 is 10.9. The molecule has 2 saturated carbocycles. The Morgan fingerprint density at radius 2 is 1.69 bits per heavy atom. The van der Waals surface area contributed by atoms with Gasteiger partial charge in [-0.25, -0.2) is 4.79 Å². The molecule has 2 aliphatic carbocycles. The maximum Gasteiger partial charge on any atom is 0.408 e. The van der Waals surface area contributed by atoms with Crippen molar-refractivity contribution in [1.29, 1.82) is 0 Å². The predicted octanol–water partition coefficient (Wildman–Crippen LogP) is 1.66.